The molecule has 0 aliphatic heterocycles. The minimum absolute atomic E-state index is 0.233. The molecule has 1 N–H and O–H groups in total. The van der Waals surface area contributed by atoms with Gasteiger partial charge in [-0.1, -0.05) is 32.0 Å². The molecule has 1 heterocycles. The van der Waals surface area contributed by atoms with Crippen molar-refractivity contribution in [2.75, 3.05) is 7.11 Å². The lowest BCUT2D eigenvalue weighted by Gasteiger charge is -2.18. The van der Waals surface area contributed by atoms with Gasteiger partial charge in [-0.3, -0.25) is 4.79 Å². The average Bonchev–Trinajstić information content (AvgIpc) is 2.89. The molecule has 0 saturated heterocycles. The molecule has 1 atom stereocenters. The molecule has 5 heteroatoms. The maximum atomic E-state index is 12.4. The van der Waals surface area contributed by atoms with E-state index in [1.54, 1.807) is 0 Å². The molecule has 21 heavy (non-hydrogen) atoms. The molecular formula is C16H19NO3S. The first kappa shape index (κ1) is 15.5. The summed E-state index contributed by atoms with van der Waals surface area (Å²) >= 11 is 1.52. The third-order valence-electron chi connectivity index (χ3n) is 3.22. The summed E-state index contributed by atoms with van der Waals surface area (Å²) in [7, 11) is 1.34. The third-order valence-corrected chi connectivity index (χ3v) is 4.19. The number of hydrogen-bond acceptors (Lipinski definition) is 4. The number of ether oxygens (including phenoxy) is 1. The van der Waals surface area contributed by atoms with Crippen LogP contribution in [0.15, 0.2) is 29.6 Å². The number of hydrogen-bond donors (Lipinski definition) is 1. The van der Waals surface area contributed by atoms with Crippen molar-refractivity contribution < 1.29 is 14.3 Å². The molecule has 0 radical (unpaired) electrons. The van der Waals surface area contributed by atoms with Crippen LogP contribution in [0.2, 0.25) is 0 Å². The molecule has 1 aromatic carbocycles. The van der Waals surface area contributed by atoms with Gasteiger partial charge < -0.3 is 10.1 Å². The number of carbonyl (C=O) groups is 2. The molecule has 4 nitrogen and oxygen atoms in total. The van der Waals surface area contributed by atoms with Gasteiger partial charge >= 0.3 is 5.97 Å². The largest absolute Gasteiger partial charge is 0.467 e. The van der Waals surface area contributed by atoms with Gasteiger partial charge in [-0.05, 0) is 18.4 Å². The number of amides is 1. The van der Waals surface area contributed by atoms with Gasteiger partial charge in [-0.15, -0.1) is 11.3 Å². The zero-order chi connectivity index (χ0) is 15.4. The number of nitrogens with one attached hydrogen (secondary N) is 1. The van der Waals surface area contributed by atoms with Gasteiger partial charge in [0.1, 0.15) is 6.04 Å². The van der Waals surface area contributed by atoms with Crippen molar-refractivity contribution >= 4 is 33.3 Å². The molecule has 1 aromatic heterocycles. The molecule has 0 aliphatic carbocycles. The molecule has 0 saturated carbocycles. The summed E-state index contributed by atoms with van der Waals surface area (Å²) in [6, 6.07) is 7.12. The Balaban J connectivity index is 2.20. The highest BCUT2D eigenvalue weighted by Crippen LogP contribution is 2.25. The number of benzene rings is 1. The number of carbonyl (C=O) groups excluding carboxylic acids is 2. The summed E-state index contributed by atoms with van der Waals surface area (Å²) < 4.78 is 5.82. The van der Waals surface area contributed by atoms with Crippen LogP contribution in [-0.4, -0.2) is 25.0 Å². The predicted molar refractivity (Wildman–Crippen MR) is 84.6 cm³/mol. The number of methoxy groups -OCH3 is 1. The molecular weight excluding hydrogens is 286 g/mol. The number of rotatable bonds is 5. The van der Waals surface area contributed by atoms with Gasteiger partial charge in [0.25, 0.3) is 5.91 Å². The standard InChI is InChI=1S/C16H19NO3S/c1-10(2)8-13(16(19)20-3)17-15(18)12-9-21-14-7-5-4-6-11(12)14/h4-7,9-10,13H,8H2,1-3H3,(H,17,18). The third kappa shape index (κ3) is 3.61. The normalized spacial score (nSPS) is 12.4. The second-order valence-corrected chi connectivity index (χ2v) is 6.24. The summed E-state index contributed by atoms with van der Waals surface area (Å²) in [5.74, 6) is -0.353. The lowest BCUT2D eigenvalue weighted by molar-refractivity contribution is -0.143. The topological polar surface area (TPSA) is 55.4 Å². The number of thiophene rings is 1. The maximum Gasteiger partial charge on any atom is 0.328 e. The Labute approximate surface area is 128 Å². The van der Waals surface area contributed by atoms with E-state index >= 15 is 0 Å². The number of fused-ring (bicyclic) bond motifs is 1. The Kier molecular flexibility index (Phi) is 4.96. The quantitative estimate of drug-likeness (QED) is 0.863. The molecule has 1 amide bonds. The van der Waals surface area contributed by atoms with E-state index in [1.807, 2.05) is 43.5 Å². The van der Waals surface area contributed by atoms with Crippen molar-refractivity contribution in [3.8, 4) is 0 Å². The lowest BCUT2D eigenvalue weighted by atomic mass is 10.0. The van der Waals surface area contributed by atoms with Crippen LogP contribution >= 0.6 is 11.3 Å². The van der Waals surface area contributed by atoms with Crippen molar-refractivity contribution in [1.29, 1.82) is 0 Å². The molecule has 2 aromatic rings. The Morgan fingerprint density at radius 1 is 1.29 bits per heavy atom. The van der Waals surface area contributed by atoms with Crippen molar-refractivity contribution in [2.24, 2.45) is 5.92 Å². The lowest BCUT2D eigenvalue weighted by Crippen LogP contribution is -2.42. The smallest absolute Gasteiger partial charge is 0.328 e. The van der Waals surface area contributed by atoms with E-state index in [0.29, 0.717) is 12.0 Å². The van der Waals surface area contributed by atoms with E-state index in [9.17, 15) is 9.59 Å². The maximum absolute atomic E-state index is 12.4. The first-order chi connectivity index (χ1) is 10.0. The van der Waals surface area contributed by atoms with Gasteiger partial charge in [0.05, 0.1) is 12.7 Å². The van der Waals surface area contributed by atoms with Crippen LogP contribution in [0.1, 0.15) is 30.6 Å². The highest BCUT2D eigenvalue weighted by Gasteiger charge is 2.24. The van der Waals surface area contributed by atoms with Gasteiger partial charge in [0.15, 0.2) is 0 Å². The Morgan fingerprint density at radius 2 is 2.00 bits per heavy atom. The first-order valence-electron chi connectivity index (χ1n) is 6.88. The van der Waals surface area contributed by atoms with Crippen molar-refractivity contribution in [3.63, 3.8) is 0 Å². The van der Waals surface area contributed by atoms with E-state index < -0.39 is 12.0 Å². The molecule has 1 unspecified atom stereocenters. The molecule has 112 valence electrons. The Bertz CT molecular complexity index is 648. The van der Waals surface area contributed by atoms with E-state index in [-0.39, 0.29) is 11.8 Å². The second kappa shape index (κ2) is 6.72. The molecule has 0 fully saturated rings. The fraction of sp³-hybridized carbons (Fsp3) is 0.375. The van der Waals surface area contributed by atoms with E-state index in [0.717, 1.165) is 10.1 Å². The van der Waals surface area contributed by atoms with Gasteiger partial charge in [0, 0.05) is 15.5 Å². The molecule has 0 bridgehead atoms. The summed E-state index contributed by atoms with van der Waals surface area (Å²) in [6.45, 7) is 4.00. The van der Waals surface area contributed by atoms with Crippen LogP contribution in [0.25, 0.3) is 10.1 Å². The molecule has 2 rings (SSSR count). The summed E-state index contributed by atoms with van der Waals surface area (Å²) in [5.41, 5.74) is 0.605. The van der Waals surface area contributed by atoms with Crippen molar-refractivity contribution in [3.05, 3.63) is 35.2 Å². The van der Waals surface area contributed by atoms with Crippen LogP contribution in [-0.2, 0) is 9.53 Å². The van der Waals surface area contributed by atoms with Gasteiger partial charge in [0.2, 0.25) is 0 Å². The highest BCUT2D eigenvalue weighted by molar-refractivity contribution is 7.17. The zero-order valence-electron chi connectivity index (χ0n) is 12.4. The second-order valence-electron chi connectivity index (χ2n) is 5.32. The fourth-order valence-electron chi connectivity index (χ4n) is 2.22. The fourth-order valence-corrected chi connectivity index (χ4v) is 3.16. The van der Waals surface area contributed by atoms with Crippen molar-refractivity contribution in [2.45, 2.75) is 26.3 Å². The minimum Gasteiger partial charge on any atom is -0.467 e. The van der Waals surface area contributed by atoms with E-state index in [2.05, 4.69) is 5.32 Å². The van der Waals surface area contributed by atoms with Crippen LogP contribution in [0, 0.1) is 5.92 Å². The molecule has 0 spiro atoms. The Morgan fingerprint density at radius 3 is 2.67 bits per heavy atom. The van der Waals surface area contributed by atoms with Crippen LogP contribution in [0.4, 0.5) is 0 Å². The molecule has 0 aliphatic rings. The van der Waals surface area contributed by atoms with Gasteiger partial charge in [-0.25, -0.2) is 4.79 Å². The van der Waals surface area contributed by atoms with Crippen LogP contribution in [0.5, 0.6) is 0 Å². The SMILES string of the molecule is COC(=O)C(CC(C)C)NC(=O)c1csc2ccccc12. The van der Waals surface area contributed by atoms with E-state index in [4.69, 9.17) is 4.74 Å². The van der Waals surface area contributed by atoms with E-state index in [1.165, 1.54) is 18.4 Å². The minimum atomic E-state index is -0.610. The average molecular weight is 305 g/mol. The van der Waals surface area contributed by atoms with Crippen molar-refractivity contribution in [1.82, 2.24) is 5.32 Å². The monoisotopic (exact) mass is 305 g/mol. The Hall–Kier alpha value is -1.88. The zero-order valence-corrected chi connectivity index (χ0v) is 13.2. The van der Waals surface area contributed by atoms with Gasteiger partial charge in [-0.2, -0.15) is 0 Å². The van der Waals surface area contributed by atoms with Crippen LogP contribution in [0.3, 0.4) is 0 Å². The number of esters is 1. The highest BCUT2D eigenvalue weighted by atomic mass is 32.1. The summed E-state index contributed by atoms with van der Waals surface area (Å²) in [4.78, 5) is 24.2. The predicted octanol–water partition coefficient (Wildman–Crippen LogP) is 3.22. The summed E-state index contributed by atoms with van der Waals surface area (Å²) in [6.07, 6.45) is 0.556. The first-order valence-corrected chi connectivity index (χ1v) is 7.75. The van der Waals surface area contributed by atoms with Crippen LogP contribution < -0.4 is 5.32 Å². The summed E-state index contributed by atoms with van der Waals surface area (Å²) in [5, 5.41) is 5.52.